The maximum Gasteiger partial charge on any atom is 0.263 e. The van der Waals surface area contributed by atoms with E-state index in [0.717, 1.165) is 0 Å². The molecule has 1 N–H and O–H groups in total. The van der Waals surface area contributed by atoms with Crippen molar-refractivity contribution in [2.45, 2.75) is 19.4 Å². The summed E-state index contributed by atoms with van der Waals surface area (Å²) in [5, 5.41) is 9.56. The van der Waals surface area contributed by atoms with E-state index < -0.39 is 5.60 Å². The Morgan fingerprint density at radius 2 is 1.90 bits per heavy atom. The number of hydrogen-bond acceptors (Lipinski definition) is 7. The summed E-state index contributed by atoms with van der Waals surface area (Å²) in [6.07, 6.45) is 3.80. The summed E-state index contributed by atoms with van der Waals surface area (Å²) in [4.78, 5) is 19.2. The molecule has 0 bridgehead atoms. The highest BCUT2D eigenvalue weighted by molar-refractivity contribution is 6.08. The van der Waals surface area contributed by atoms with Gasteiger partial charge in [0.2, 0.25) is 0 Å². The molecule has 2 heterocycles. The molecule has 1 aliphatic rings. The van der Waals surface area contributed by atoms with Crippen LogP contribution in [-0.2, 0) is 0 Å². The van der Waals surface area contributed by atoms with Crippen molar-refractivity contribution in [1.29, 1.82) is 0 Å². The molecule has 1 aromatic carbocycles. The number of methoxy groups -OCH3 is 3. The van der Waals surface area contributed by atoms with E-state index in [1.165, 1.54) is 26.2 Å². The Hall–Kier alpha value is -3.26. The molecule has 0 fully saturated rings. The number of hydrogen-bond donors (Lipinski definition) is 1. The van der Waals surface area contributed by atoms with Gasteiger partial charge in [0.1, 0.15) is 22.9 Å². The van der Waals surface area contributed by atoms with Crippen LogP contribution < -0.4 is 23.8 Å². The molecular formula is C22H26N2O6. The molecule has 8 heteroatoms. The van der Waals surface area contributed by atoms with Crippen molar-refractivity contribution < 1.29 is 28.8 Å². The lowest BCUT2D eigenvalue weighted by Crippen LogP contribution is -2.35. The Morgan fingerprint density at radius 3 is 2.53 bits per heavy atom. The average Bonchev–Trinajstić information content (AvgIpc) is 2.74. The van der Waals surface area contributed by atoms with Gasteiger partial charge in [-0.05, 0) is 50.3 Å². The first kappa shape index (κ1) is 21.4. The number of anilines is 1. The standard InChI is InChI=1S/C22H26N2O6/c1-22(2)11-10-14-16(30-22)7-6-15(19(14)28-4)21(26)24(12-13-25)18-9-8-17(27-3)20(23-18)29-5/h6-11,25H,12-13H2,1-5H3. The predicted octanol–water partition coefficient (Wildman–Crippen LogP) is 2.93. The molecule has 2 aromatic rings. The molecule has 1 aliphatic heterocycles. The second kappa shape index (κ2) is 8.62. The number of pyridine rings is 1. The van der Waals surface area contributed by atoms with Crippen LogP contribution >= 0.6 is 0 Å². The van der Waals surface area contributed by atoms with Crippen LogP contribution in [-0.4, -0.2) is 56.1 Å². The molecule has 0 saturated carbocycles. The summed E-state index contributed by atoms with van der Waals surface area (Å²) in [5.74, 6) is 1.65. The van der Waals surface area contributed by atoms with E-state index in [9.17, 15) is 9.90 Å². The number of aliphatic hydroxyl groups excluding tert-OH is 1. The average molecular weight is 414 g/mol. The Balaban J connectivity index is 2.05. The third kappa shape index (κ3) is 4.04. The van der Waals surface area contributed by atoms with Crippen molar-refractivity contribution >= 4 is 17.8 Å². The van der Waals surface area contributed by atoms with Gasteiger partial charge in [-0.25, -0.2) is 0 Å². The van der Waals surface area contributed by atoms with Gasteiger partial charge >= 0.3 is 0 Å². The van der Waals surface area contributed by atoms with Crippen LogP contribution in [0.25, 0.3) is 6.08 Å². The number of fused-ring (bicyclic) bond motifs is 1. The minimum atomic E-state index is -0.448. The predicted molar refractivity (Wildman–Crippen MR) is 113 cm³/mol. The van der Waals surface area contributed by atoms with Crippen LogP contribution in [0.4, 0.5) is 5.82 Å². The third-order valence-corrected chi connectivity index (χ3v) is 4.68. The van der Waals surface area contributed by atoms with E-state index in [2.05, 4.69) is 4.98 Å². The van der Waals surface area contributed by atoms with E-state index in [1.807, 2.05) is 26.0 Å². The van der Waals surface area contributed by atoms with Gasteiger partial charge < -0.3 is 24.1 Å². The fourth-order valence-electron chi connectivity index (χ4n) is 3.25. The molecule has 1 aromatic heterocycles. The van der Waals surface area contributed by atoms with Gasteiger partial charge in [-0.1, -0.05) is 0 Å². The lowest BCUT2D eigenvalue weighted by molar-refractivity contribution is 0.0976. The SMILES string of the molecule is COc1ccc(N(CCO)C(=O)c2ccc3c(c2OC)C=CC(C)(C)O3)nc1OC. The summed E-state index contributed by atoms with van der Waals surface area (Å²) in [6, 6.07) is 6.68. The number of amides is 1. The first-order valence-electron chi connectivity index (χ1n) is 9.46. The van der Waals surface area contributed by atoms with E-state index >= 15 is 0 Å². The second-order valence-electron chi connectivity index (χ2n) is 7.16. The van der Waals surface area contributed by atoms with Crippen molar-refractivity contribution in [3.63, 3.8) is 0 Å². The van der Waals surface area contributed by atoms with Crippen LogP contribution in [0.1, 0.15) is 29.8 Å². The summed E-state index contributed by atoms with van der Waals surface area (Å²) < 4.78 is 22.0. The lowest BCUT2D eigenvalue weighted by atomic mass is 9.99. The number of ether oxygens (including phenoxy) is 4. The number of rotatable bonds is 7. The van der Waals surface area contributed by atoms with E-state index in [-0.39, 0.29) is 24.9 Å². The Kier molecular flexibility index (Phi) is 6.17. The van der Waals surface area contributed by atoms with Crippen molar-refractivity contribution in [2.75, 3.05) is 39.4 Å². The molecule has 160 valence electrons. The minimum Gasteiger partial charge on any atom is -0.495 e. The second-order valence-corrected chi connectivity index (χ2v) is 7.16. The number of carbonyl (C=O) groups excluding carboxylic acids is 1. The summed E-state index contributed by atoms with van der Waals surface area (Å²) in [5.41, 5.74) is 0.567. The van der Waals surface area contributed by atoms with E-state index in [0.29, 0.717) is 34.2 Å². The quantitative estimate of drug-likeness (QED) is 0.745. The molecule has 0 unspecified atom stereocenters. The molecule has 1 amide bonds. The van der Waals surface area contributed by atoms with Gasteiger partial charge in [0.25, 0.3) is 11.8 Å². The fourth-order valence-corrected chi connectivity index (χ4v) is 3.25. The summed E-state index contributed by atoms with van der Waals surface area (Å²) >= 11 is 0. The molecule has 3 rings (SSSR count). The largest absolute Gasteiger partial charge is 0.495 e. The zero-order chi connectivity index (χ0) is 21.9. The number of aromatic nitrogens is 1. The maximum atomic E-state index is 13.4. The Labute approximate surface area is 175 Å². The zero-order valence-corrected chi connectivity index (χ0v) is 17.8. The van der Waals surface area contributed by atoms with Crippen molar-refractivity contribution in [2.24, 2.45) is 0 Å². The summed E-state index contributed by atoms with van der Waals surface area (Å²) in [6.45, 7) is 3.69. The highest BCUT2D eigenvalue weighted by Gasteiger charge is 2.29. The minimum absolute atomic E-state index is 0.0426. The van der Waals surface area contributed by atoms with Crippen LogP contribution in [0.5, 0.6) is 23.1 Å². The smallest absolute Gasteiger partial charge is 0.263 e. The highest BCUT2D eigenvalue weighted by Crippen LogP contribution is 2.39. The summed E-state index contributed by atoms with van der Waals surface area (Å²) in [7, 11) is 4.48. The molecule has 0 spiro atoms. The fraction of sp³-hybridized carbons (Fsp3) is 0.364. The molecule has 0 radical (unpaired) electrons. The van der Waals surface area contributed by atoms with E-state index in [4.69, 9.17) is 18.9 Å². The first-order chi connectivity index (χ1) is 14.3. The van der Waals surface area contributed by atoms with Crippen LogP contribution in [0.15, 0.2) is 30.3 Å². The van der Waals surface area contributed by atoms with Crippen LogP contribution in [0, 0.1) is 0 Å². The van der Waals surface area contributed by atoms with Crippen molar-refractivity contribution in [1.82, 2.24) is 4.98 Å². The van der Waals surface area contributed by atoms with Gasteiger partial charge in [0.05, 0.1) is 45.6 Å². The monoisotopic (exact) mass is 414 g/mol. The number of benzene rings is 1. The van der Waals surface area contributed by atoms with Crippen LogP contribution in [0.3, 0.4) is 0 Å². The van der Waals surface area contributed by atoms with Crippen LogP contribution in [0.2, 0.25) is 0 Å². The molecule has 8 nitrogen and oxygen atoms in total. The van der Waals surface area contributed by atoms with Crippen molar-refractivity contribution in [3.8, 4) is 23.1 Å². The van der Waals surface area contributed by atoms with Gasteiger partial charge in [0.15, 0.2) is 5.75 Å². The van der Waals surface area contributed by atoms with Gasteiger partial charge in [-0.3, -0.25) is 9.69 Å². The Bertz CT molecular complexity index is 970. The number of aliphatic hydroxyl groups is 1. The van der Waals surface area contributed by atoms with Gasteiger partial charge in [-0.15, -0.1) is 0 Å². The van der Waals surface area contributed by atoms with Crippen molar-refractivity contribution in [3.05, 3.63) is 41.5 Å². The topological polar surface area (TPSA) is 90.4 Å². The normalized spacial score (nSPS) is 13.8. The lowest BCUT2D eigenvalue weighted by Gasteiger charge is -2.29. The molecule has 0 aliphatic carbocycles. The zero-order valence-electron chi connectivity index (χ0n) is 17.8. The number of carbonyl (C=O) groups is 1. The van der Waals surface area contributed by atoms with Gasteiger partial charge in [0, 0.05) is 0 Å². The molecular weight excluding hydrogens is 388 g/mol. The Morgan fingerprint density at radius 1 is 1.13 bits per heavy atom. The third-order valence-electron chi connectivity index (χ3n) is 4.68. The maximum absolute atomic E-state index is 13.4. The van der Waals surface area contributed by atoms with Gasteiger partial charge in [-0.2, -0.15) is 4.98 Å². The first-order valence-corrected chi connectivity index (χ1v) is 9.46. The molecule has 30 heavy (non-hydrogen) atoms. The van der Waals surface area contributed by atoms with E-state index in [1.54, 1.807) is 24.3 Å². The molecule has 0 saturated heterocycles. The molecule has 0 atom stereocenters. The highest BCUT2D eigenvalue weighted by atomic mass is 16.5. The number of nitrogens with zero attached hydrogens (tertiary/aromatic N) is 2.